The lowest BCUT2D eigenvalue weighted by Gasteiger charge is -2.28. The number of rotatable bonds is 3. The van der Waals surface area contributed by atoms with Crippen molar-refractivity contribution >= 4 is 5.91 Å². The van der Waals surface area contributed by atoms with E-state index in [0.29, 0.717) is 19.8 Å². The molecule has 0 saturated carbocycles. The van der Waals surface area contributed by atoms with Crippen molar-refractivity contribution < 1.29 is 14.6 Å². The molecule has 0 unspecified atom stereocenters. The Kier molecular flexibility index (Phi) is 4.33. The highest BCUT2D eigenvalue weighted by molar-refractivity contribution is 5.79. The van der Waals surface area contributed by atoms with Crippen LogP contribution in [-0.4, -0.2) is 41.8 Å². The van der Waals surface area contributed by atoms with Crippen molar-refractivity contribution in [3.8, 4) is 0 Å². The summed E-state index contributed by atoms with van der Waals surface area (Å²) >= 11 is 0. The van der Waals surface area contributed by atoms with E-state index in [1.807, 2.05) is 37.3 Å². The van der Waals surface area contributed by atoms with Gasteiger partial charge in [0.2, 0.25) is 5.91 Å². The molecule has 18 heavy (non-hydrogen) atoms. The molecule has 1 saturated heterocycles. The predicted octanol–water partition coefficient (Wildman–Crippen LogP) is 1.04. The molecule has 0 aromatic heterocycles. The Bertz CT molecular complexity index is 393. The number of carbonyl (C=O) groups is 1. The Balaban J connectivity index is 2.14. The van der Waals surface area contributed by atoms with Crippen LogP contribution >= 0.6 is 0 Å². The summed E-state index contributed by atoms with van der Waals surface area (Å²) < 4.78 is 5.43. The minimum absolute atomic E-state index is 0.0219. The second-order valence-electron chi connectivity index (χ2n) is 4.72. The van der Waals surface area contributed by atoms with Gasteiger partial charge >= 0.3 is 0 Å². The molecule has 1 aromatic carbocycles. The van der Waals surface area contributed by atoms with Crippen LogP contribution in [0.2, 0.25) is 0 Å². The van der Waals surface area contributed by atoms with Crippen molar-refractivity contribution in [3.63, 3.8) is 0 Å². The van der Waals surface area contributed by atoms with Crippen LogP contribution in [0.4, 0.5) is 0 Å². The third-order valence-corrected chi connectivity index (χ3v) is 3.26. The van der Waals surface area contributed by atoms with E-state index in [4.69, 9.17) is 4.74 Å². The highest BCUT2D eigenvalue weighted by Crippen LogP contribution is 2.16. The van der Waals surface area contributed by atoms with Crippen LogP contribution in [0.25, 0.3) is 0 Å². The molecule has 2 atom stereocenters. The highest BCUT2D eigenvalue weighted by atomic mass is 16.5. The van der Waals surface area contributed by atoms with Crippen LogP contribution in [-0.2, 0) is 16.1 Å². The molecule has 0 aliphatic carbocycles. The van der Waals surface area contributed by atoms with E-state index < -0.39 is 5.92 Å². The zero-order valence-corrected chi connectivity index (χ0v) is 10.6. The maximum absolute atomic E-state index is 12.3. The third-order valence-electron chi connectivity index (χ3n) is 3.26. The van der Waals surface area contributed by atoms with Gasteiger partial charge in [0.15, 0.2) is 0 Å². The topological polar surface area (TPSA) is 49.8 Å². The maximum atomic E-state index is 12.3. The standard InChI is InChI=1S/C14H19NO3/c1-11-9-18-10-13(8-16)14(17)15(11)7-12-5-3-2-4-6-12/h2-6,11,13,16H,7-10H2,1H3/t11-,13+/m1/s1. The number of amides is 1. The lowest BCUT2D eigenvalue weighted by molar-refractivity contribution is -0.138. The summed E-state index contributed by atoms with van der Waals surface area (Å²) in [6.45, 7) is 3.22. The molecule has 0 radical (unpaired) electrons. The lowest BCUT2D eigenvalue weighted by atomic mass is 10.1. The van der Waals surface area contributed by atoms with E-state index in [-0.39, 0.29) is 18.6 Å². The summed E-state index contributed by atoms with van der Waals surface area (Å²) in [5, 5.41) is 9.23. The van der Waals surface area contributed by atoms with Crippen LogP contribution in [0.15, 0.2) is 30.3 Å². The molecule has 4 nitrogen and oxygen atoms in total. The monoisotopic (exact) mass is 249 g/mol. The first-order valence-corrected chi connectivity index (χ1v) is 6.25. The molecule has 98 valence electrons. The van der Waals surface area contributed by atoms with Crippen molar-refractivity contribution in [2.24, 2.45) is 5.92 Å². The third kappa shape index (κ3) is 2.89. The zero-order chi connectivity index (χ0) is 13.0. The number of hydrogen-bond acceptors (Lipinski definition) is 3. The second kappa shape index (κ2) is 5.98. The summed E-state index contributed by atoms with van der Waals surface area (Å²) in [4.78, 5) is 14.1. The fraction of sp³-hybridized carbons (Fsp3) is 0.500. The predicted molar refractivity (Wildman–Crippen MR) is 67.8 cm³/mol. The maximum Gasteiger partial charge on any atom is 0.230 e. The Hall–Kier alpha value is -1.39. The summed E-state index contributed by atoms with van der Waals surface area (Å²) in [6, 6.07) is 9.91. The SMILES string of the molecule is C[C@@H]1COC[C@H](CO)C(=O)N1Cc1ccccc1. The minimum atomic E-state index is -0.432. The van der Waals surface area contributed by atoms with Crippen LogP contribution < -0.4 is 0 Å². The first kappa shape index (κ1) is 13.1. The Morgan fingerprint density at radius 1 is 1.33 bits per heavy atom. The van der Waals surface area contributed by atoms with Gasteiger partial charge in [0.05, 0.1) is 31.8 Å². The first-order chi connectivity index (χ1) is 8.72. The average Bonchev–Trinajstić information content (AvgIpc) is 2.53. The number of benzene rings is 1. The van der Waals surface area contributed by atoms with E-state index in [9.17, 15) is 9.90 Å². The van der Waals surface area contributed by atoms with Gasteiger partial charge in [-0.25, -0.2) is 0 Å². The number of ether oxygens (including phenoxy) is 1. The molecule has 1 heterocycles. The van der Waals surface area contributed by atoms with Crippen LogP contribution in [0.5, 0.6) is 0 Å². The Labute approximate surface area is 107 Å². The van der Waals surface area contributed by atoms with Crippen LogP contribution in [0.3, 0.4) is 0 Å². The van der Waals surface area contributed by atoms with Crippen molar-refractivity contribution in [3.05, 3.63) is 35.9 Å². The lowest BCUT2D eigenvalue weighted by Crippen LogP contribution is -2.42. The van der Waals surface area contributed by atoms with Gasteiger partial charge < -0.3 is 14.7 Å². The molecule has 0 bridgehead atoms. The van der Waals surface area contributed by atoms with Gasteiger partial charge in [0, 0.05) is 6.54 Å². The van der Waals surface area contributed by atoms with Gasteiger partial charge in [-0.2, -0.15) is 0 Å². The van der Waals surface area contributed by atoms with Gasteiger partial charge in [-0.3, -0.25) is 4.79 Å². The van der Waals surface area contributed by atoms with E-state index >= 15 is 0 Å². The van der Waals surface area contributed by atoms with Crippen LogP contribution in [0.1, 0.15) is 12.5 Å². The molecule has 1 fully saturated rings. The van der Waals surface area contributed by atoms with E-state index in [2.05, 4.69) is 0 Å². The number of aliphatic hydroxyl groups is 1. The second-order valence-corrected chi connectivity index (χ2v) is 4.72. The number of hydrogen-bond donors (Lipinski definition) is 1. The van der Waals surface area contributed by atoms with Crippen molar-refractivity contribution in [2.45, 2.75) is 19.5 Å². The average molecular weight is 249 g/mol. The molecule has 1 N–H and O–H groups in total. The molecule has 2 rings (SSSR count). The fourth-order valence-corrected chi connectivity index (χ4v) is 2.14. The number of carbonyl (C=O) groups excluding carboxylic acids is 1. The molecule has 4 heteroatoms. The van der Waals surface area contributed by atoms with E-state index in [1.165, 1.54) is 0 Å². The quantitative estimate of drug-likeness (QED) is 0.871. The largest absolute Gasteiger partial charge is 0.395 e. The summed E-state index contributed by atoms with van der Waals surface area (Å²) in [5.74, 6) is -0.454. The number of nitrogens with zero attached hydrogens (tertiary/aromatic N) is 1. The summed E-state index contributed by atoms with van der Waals surface area (Å²) in [5.41, 5.74) is 1.09. The minimum Gasteiger partial charge on any atom is -0.395 e. The Morgan fingerprint density at radius 3 is 2.72 bits per heavy atom. The molecule has 1 aliphatic rings. The van der Waals surface area contributed by atoms with Gasteiger partial charge in [0.25, 0.3) is 0 Å². The summed E-state index contributed by atoms with van der Waals surface area (Å²) in [6.07, 6.45) is 0. The van der Waals surface area contributed by atoms with Gasteiger partial charge in [0.1, 0.15) is 0 Å². The first-order valence-electron chi connectivity index (χ1n) is 6.25. The molecule has 0 spiro atoms. The van der Waals surface area contributed by atoms with Crippen molar-refractivity contribution in [1.29, 1.82) is 0 Å². The van der Waals surface area contributed by atoms with E-state index in [1.54, 1.807) is 4.90 Å². The fourth-order valence-electron chi connectivity index (χ4n) is 2.14. The van der Waals surface area contributed by atoms with E-state index in [0.717, 1.165) is 5.56 Å². The number of aliphatic hydroxyl groups excluding tert-OH is 1. The molecular weight excluding hydrogens is 230 g/mol. The van der Waals surface area contributed by atoms with Gasteiger partial charge in [-0.15, -0.1) is 0 Å². The molecule has 1 amide bonds. The normalized spacial score (nSPS) is 25.0. The smallest absolute Gasteiger partial charge is 0.230 e. The molecular formula is C14H19NO3. The van der Waals surface area contributed by atoms with Gasteiger partial charge in [-0.05, 0) is 12.5 Å². The molecule has 1 aliphatic heterocycles. The van der Waals surface area contributed by atoms with Crippen molar-refractivity contribution in [1.82, 2.24) is 4.90 Å². The van der Waals surface area contributed by atoms with Crippen LogP contribution in [0, 0.1) is 5.92 Å². The zero-order valence-electron chi connectivity index (χ0n) is 10.6. The highest BCUT2D eigenvalue weighted by Gasteiger charge is 2.30. The summed E-state index contributed by atoms with van der Waals surface area (Å²) in [7, 11) is 0. The van der Waals surface area contributed by atoms with Crippen molar-refractivity contribution in [2.75, 3.05) is 19.8 Å². The molecule has 1 aromatic rings. The Morgan fingerprint density at radius 2 is 2.06 bits per heavy atom. The van der Waals surface area contributed by atoms with Gasteiger partial charge in [-0.1, -0.05) is 30.3 Å².